The minimum absolute atomic E-state index is 0.152. The number of amides is 1. The van der Waals surface area contributed by atoms with Crippen molar-refractivity contribution in [3.05, 3.63) is 15.6 Å². The van der Waals surface area contributed by atoms with Gasteiger partial charge in [0.15, 0.2) is 0 Å². The average Bonchev–Trinajstić information content (AvgIpc) is 2.52. The first-order valence-corrected chi connectivity index (χ1v) is 6.11. The molecule has 0 radical (unpaired) electrons. The molecule has 6 heteroatoms. The van der Waals surface area contributed by atoms with Gasteiger partial charge in [-0.25, -0.2) is 4.98 Å². The topological polar surface area (TPSA) is 70.5 Å². The Morgan fingerprint density at radius 1 is 1.41 bits per heavy atom. The highest BCUT2D eigenvalue weighted by molar-refractivity contribution is 7.13. The van der Waals surface area contributed by atoms with Crippen molar-refractivity contribution >= 4 is 23.2 Å². The van der Waals surface area contributed by atoms with Crippen LogP contribution in [0.15, 0.2) is 0 Å². The standard InChI is InChI=1S/C11H16N2O3S/c1-6(2)13(5-9(14)15)11(16)10-7(3)12-8(4)17-10/h6H,5H2,1-4H3,(H,14,15). The highest BCUT2D eigenvalue weighted by Crippen LogP contribution is 2.20. The number of hydrogen-bond acceptors (Lipinski definition) is 4. The van der Waals surface area contributed by atoms with E-state index in [2.05, 4.69) is 4.98 Å². The molecule has 0 atom stereocenters. The normalized spacial score (nSPS) is 10.6. The lowest BCUT2D eigenvalue weighted by Crippen LogP contribution is -2.40. The maximum absolute atomic E-state index is 12.2. The highest BCUT2D eigenvalue weighted by Gasteiger charge is 2.24. The van der Waals surface area contributed by atoms with E-state index < -0.39 is 5.97 Å². The van der Waals surface area contributed by atoms with Crippen LogP contribution in [0.3, 0.4) is 0 Å². The van der Waals surface area contributed by atoms with Gasteiger partial charge in [0.25, 0.3) is 5.91 Å². The smallest absolute Gasteiger partial charge is 0.323 e. The van der Waals surface area contributed by atoms with Crippen molar-refractivity contribution in [2.45, 2.75) is 33.7 Å². The maximum Gasteiger partial charge on any atom is 0.323 e. The summed E-state index contributed by atoms with van der Waals surface area (Å²) in [6, 6.07) is -0.152. The Morgan fingerprint density at radius 2 is 2.00 bits per heavy atom. The minimum atomic E-state index is -1.01. The minimum Gasteiger partial charge on any atom is -0.480 e. The monoisotopic (exact) mass is 256 g/mol. The van der Waals surface area contributed by atoms with Crippen LogP contribution in [0.2, 0.25) is 0 Å². The lowest BCUT2D eigenvalue weighted by molar-refractivity contribution is -0.138. The van der Waals surface area contributed by atoms with E-state index in [-0.39, 0.29) is 18.5 Å². The number of rotatable bonds is 4. The van der Waals surface area contributed by atoms with E-state index in [1.54, 1.807) is 20.8 Å². The molecule has 0 saturated heterocycles. The van der Waals surface area contributed by atoms with Crippen LogP contribution in [-0.4, -0.2) is 39.5 Å². The zero-order valence-electron chi connectivity index (χ0n) is 10.4. The average molecular weight is 256 g/mol. The summed E-state index contributed by atoms with van der Waals surface area (Å²) >= 11 is 1.30. The Balaban J connectivity index is 2.99. The van der Waals surface area contributed by atoms with Gasteiger partial charge in [0.05, 0.1) is 10.7 Å². The summed E-state index contributed by atoms with van der Waals surface area (Å²) in [5.74, 6) is -1.27. The van der Waals surface area contributed by atoms with E-state index in [9.17, 15) is 9.59 Å². The maximum atomic E-state index is 12.2. The number of carboxylic acid groups (broad SMARTS) is 1. The SMILES string of the molecule is Cc1nc(C)c(C(=O)N(CC(=O)O)C(C)C)s1. The molecule has 0 aliphatic heterocycles. The molecule has 0 fully saturated rings. The molecular weight excluding hydrogens is 240 g/mol. The Morgan fingerprint density at radius 3 is 2.35 bits per heavy atom. The Kier molecular flexibility index (Phi) is 4.22. The van der Waals surface area contributed by atoms with Crippen molar-refractivity contribution in [2.24, 2.45) is 0 Å². The molecule has 0 bridgehead atoms. The van der Waals surface area contributed by atoms with Crippen molar-refractivity contribution in [3.63, 3.8) is 0 Å². The first-order chi connectivity index (χ1) is 7.82. The van der Waals surface area contributed by atoms with Gasteiger partial charge < -0.3 is 10.0 Å². The van der Waals surface area contributed by atoms with Gasteiger partial charge in [-0.15, -0.1) is 11.3 Å². The number of thiazole rings is 1. The molecule has 0 aliphatic carbocycles. The van der Waals surface area contributed by atoms with E-state index in [0.717, 1.165) is 5.01 Å². The van der Waals surface area contributed by atoms with Gasteiger partial charge in [-0.05, 0) is 27.7 Å². The molecule has 0 saturated carbocycles. The molecule has 1 aromatic rings. The third kappa shape index (κ3) is 3.26. The van der Waals surface area contributed by atoms with E-state index in [4.69, 9.17) is 5.11 Å². The fraction of sp³-hybridized carbons (Fsp3) is 0.545. The van der Waals surface area contributed by atoms with E-state index in [1.165, 1.54) is 16.2 Å². The van der Waals surface area contributed by atoms with Crippen molar-refractivity contribution in [3.8, 4) is 0 Å². The van der Waals surface area contributed by atoms with Gasteiger partial charge in [-0.2, -0.15) is 0 Å². The van der Waals surface area contributed by atoms with E-state index >= 15 is 0 Å². The number of hydrogen-bond donors (Lipinski definition) is 1. The third-order valence-electron chi connectivity index (χ3n) is 2.29. The van der Waals surface area contributed by atoms with Crippen molar-refractivity contribution in [1.82, 2.24) is 9.88 Å². The number of carbonyl (C=O) groups excluding carboxylic acids is 1. The molecule has 1 aromatic heterocycles. The molecular formula is C11H16N2O3S. The molecule has 0 unspecified atom stereocenters. The molecule has 1 heterocycles. The predicted molar refractivity (Wildman–Crippen MR) is 65.4 cm³/mol. The molecule has 0 aromatic carbocycles. The number of aromatic nitrogens is 1. The van der Waals surface area contributed by atoms with Crippen molar-refractivity contribution < 1.29 is 14.7 Å². The van der Waals surface area contributed by atoms with Gasteiger partial charge in [0.2, 0.25) is 0 Å². The van der Waals surface area contributed by atoms with E-state index in [0.29, 0.717) is 10.6 Å². The number of aryl methyl sites for hydroxylation is 2. The van der Waals surface area contributed by atoms with Crippen molar-refractivity contribution in [2.75, 3.05) is 6.54 Å². The van der Waals surface area contributed by atoms with Crippen LogP contribution >= 0.6 is 11.3 Å². The molecule has 0 aliphatic rings. The zero-order chi connectivity index (χ0) is 13.2. The summed E-state index contributed by atoms with van der Waals surface area (Å²) in [5, 5.41) is 9.61. The summed E-state index contributed by atoms with van der Waals surface area (Å²) in [6.45, 7) is 6.89. The quantitative estimate of drug-likeness (QED) is 0.890. The summed E-state index contributed by atoms with van der Waals surface area (Å²) in [4.78, 5) is 29.0. The van der Waals surface area contributed by atoms with E-state index in [1.807, 2.05) is 6.92 Å². The van der Waals surface area contributed by atoms with Gasteiger partial charge in [0.1, 0.15) is 11.4 Å². The molecule has 0 spiro atoms. The zero-order valence-corrected chi connectivity index (χ0v) is 11.2. The number of carbonyl (C=O) groups is 2. The summed E-state index contributed by atoms with van der Waals surface area (Å²) in [6.07, 6.45) is 0. The second-order valence-corrected chi connectivity index (χ2v) is 5.27. The fourth-order valence-corrected chi connectivity index (χ4v) is 2.37. The number of nitrogens with zero attached hydrogens (tertiary/aromatic N) is 2. The van der Waals surface area contributed by atoms with Gasteiger partial charge >= 0.3 is 5.97 Å². The Labute approximate surface area is 104 Å². The van der Waals surface area contributed by atoms with Crippen LogP contribution in [0, 0.1) is 13.8 Å². The Hall–Kier alpha value is -1.43. The molecule has 1 rings (SSSR count). The van der Waals surface area contributed by atoms with Gasteiger partial charge in [-0.3, -0.25) is 9.59 Å². The highest BCUT2D eigenvalue weighted by atomic mass is 32.1. The lowest BCUT2D eigenvalue weighted by atomic mass is 10.2. The van der Waals surface area contributed by atoms with Crippen LogP contribution in [0.4, 0.5) is 0 Å². The van der Waals surface area contributed by atoms with Gasteiger partial charge in [0, 0.05) is 6.04 Å². The molecule has 1 N–H and O–H groups in total. The van der Waals surface area contributed by atoms with Crippen LogP contribution in [-0.2, 0) is 4.79 Å². The fourth-order valence-electron chi connectivity index (χ4n) is 1.49. The predicted octanol–water partition coefficient (Wildman–Crippen LogP) is 1.70. The summed E-state index contributed by atoms with van der Waals surface area (Å²) in [7, 11) is 0. The second kappa shape index (κ2) is 5.27. The van der Waals surface area contributed by atoms with Crippen LogP contribution in [0.25, 0.3) is 0 Å². The van der Waals surface area contributed by atoms with Crippen LogP contribution < -0.4 is 0 Å². The summed E-state index contributed by atoms with van der Waals surface area (Å²) < 4.78 is 0. The molecule has 1 amide bonds. The second-order valence-electron chi connectivity index (χ2n) is 4.07. The third-order valence-corrected chi connectivity index (χ3v) is 3.35. The molecule has 5 nitrogen and oxygen atoms in total. The first kappa shape index (κ1) is 13.6. The largest absolute Gasteiger partial charge is 0.480 e. The van der Waals surface area contributed by atoms with Gasteiger partial charge in [-0.1, -0.05) is 0 Å². The number of carboxylic acids is 1. The first-order valence-electron chi connectivity index (χ1n) is 5.29. The number of aliphatic carboxylic acids is 1. The van der Waals surface area contributed by atoms with Crippen molar-refractivity contribution in [1.29, 1.82) is 0 Å². The lowest BCUT2D eigenvalue weighted by Gasteiger charge is -2.24. The van der Waals surface area contributed by atoms with Crippen LogP contribution in [0.1, 0.15) is 34.2 Å². The summed E-state index contributed by atoms with van der Waals surface area (Å²) in [5.41, 5.74) is 0.661. The molecule has 17 heavy (non-hydrogen) atoms. The van der Waals surface area contributed by atoms with Crippen LogP contribution in [0.5, 0.6) is 0 Å². The Bertz CT molecular complexity index is 440. The molecule has 94 valence electrons.